The third-order valence-corrected chi connectivity index (χ3v) is 4.06. The fourth-order valence-corrected chi connectivity index (χ4v) is 2.58. The molecule has 1 heterocycles. The summed E-state index contributed by atoms with van der Waals surface area (Å²) in [6.07, 6.45) is 3.09. The van der Waals surface area contributed by atoms with Gasteiger partial charge in [-0.05, 0) is 36.8 Å². The third-order valence-electron chi connectivity index (χ3n) is 4.06. The van der Waals surface area contributed by atoms with Crippen LogP contribution in [0.2, 0.25) is 0 Å². The van der Waals surface area contributed by atoms with Crippen LogP contribution in [0, 0.1) is 11.3 Å². The molecule has 27 heavy (non-hydrogen) atoms. The molecule has 0 bridgehead atoms. The summed E-state index contributed by atoms with van der Waals surface area (Å²) in [6, 6.07) is 18.8. The minimum absolute atomic E-state index is 0.235. The average Bonchev–Trinajstić information content (AvgIpc) is 2.73. The molecule has 2 aromatic carbocycles. The molecular weight excluding hydrogens is 338 g/mol. The fraction of sp³-hybridized carbons (Fsp3) is 0.143. The maximum absolute atomic E-state index is 12.3. The molecule has 6 nitrogen and oxygen atoms in total. The van der Waals surface area contributed by atoms with E-state index in [0.717, 1.165) is 18.9 Å². The fourth-order valence-electron chi connectivity index (χ4n) is 2.58. The van der Waals surface area contributed by atoms with Crippen molar-refractivity contribution in [2.45, 2.75) is 13.5 Å². The molecule has 1 aromatic heterocycles. The van der Waals surface area contributed by atoms with E-state index in [1.807, 2.05) is 24.3 Å². The van der Waals surface area contributed by atoms with Crippen molar-refractivity contribution in [3.8, 4) is 6.07 Å². The lowest BCUT2D eigenvalue weighted by Crippen LogP contribution is -2.24. The predicted molar refractivity (Wildman–Crippen MR) is 104 cm³/mol. The van der Waals surface area contributed by atoms with E-state index < -0.39 is 0 Å². The Morgan fingerprint density at radius 3 is 2.41 bits per heavy atom. The summed E-state index contributed by atoms with van der Waals surface area (Å²) < 4.78 is 0. The minimum Gasteiger partial charge on any atom is -0.351 e. The van der Waals surface area contributed by atoms with Crippen molar-refractivity contribution in [3.63, 3.8) is 0 Å². The highest BCUT2D eigenvalue weighted by atomic mass is 16.1. The first-order valence-corrected chi connectivity index (χ1v) is 8.62. The Kier molecular flexibility index (Phi) is 5.75. The van der Waals surface area contributed by atoms with Gasteiger partial charge in [-0.2, -0.15) is 5.26 Å². The second kappa shape index (κ2) is 8.59. The van der Waals surface area contributed by atoms with Crippen LogP contribution in [0.5, 0.6) is 0 Å². The summed E-state index contributed by atoms with van der Waals surface area (Å²) in [5.41, 5.74) is 2.56. The monoisotopic (exact) mass is 357 g/mol. The second-order valence-corrected chi connectivity index (χ2v) is 5.90. The van der Waals surface area contributed by atoms with E-state index >= 15 is 0 Å². The van der Waals surface area contributed by atoms with Gasteiger partial charge in [-0.3, -0.25) is 4.79 Å². The number of nitrogens with zero attached hydrogens (tertiary/aromatic N) is 4. The van der Waals surface area contributed by atoms with E-state index in [1.165, 1.54) is 11.8 Å². The van der Waals surface area contributed by atoms with Gasteiger partial charge >= 0.3 is 0 Å². The Hall–Kier alpha value is -3.72. The number of benzene rings is 2. The molecule has 3 rings (SSSR count). The number of rotatable bonds is 6. The second-order valence-electron chi connectivity index (χ2n) is 5.90. The number of anilines is 2. The molecule has 0 radical (unpaired) electrons. The molecular formula is C21H19N5O. The largest absolute Gasteiger partial charge is 0.351 e. The topological polar surface area (TPSA) is 81.9 Å². The Balaban J connectivity index is 1.67. The first kappa shape index (κ1) is 18.1. The van der Waals surface area contributed by atoms with Crippen molar-refractivity contribution in [1.82, 2.24) is 9.97 Å². The van der Waals surface area contributed by atoms with E-state index in [2.05, 4.69) is 39.2 Å². The van der Waals surface area contributed by atoms with Crippen molar-refractivity contribution in [2.24, 2.45) is 0 Å². The van der Waals surface area contributed by atoms with Crippen LogP contribution in [-0.4, -0.2) is 22.4 Å². The number of hydrogen-bond donors (Lipinski definition) is 1. The number of nitriles is 1. The SMILES string of the molecule is CCN(Cc1ccccc1)c1cnc(C(=O)Nc2ccc(C#N)cc2)cn1. The van der Waals surface area contributed by atoms with Crippen LogP contribution in [0.25, 0.3) is 0 Å². The maximum atomic E-state index is 12.3. The molecule has 0 saturated heterocycles. The smallest absolute Gasteiger partial charge is 0.275 e. The lowest BCUT2D eigenvalue weighted by atomic mass is 10.2. The van der Waals surface area contributed by atoms with Crippen LogP contribution >= 0.6 is 0 Å². The summed E-state index contributed by atoms with van der Waals surface area (Å²) in [5, 5.41) is 11.6. The Morgan fingerprint density at radius 1 is 1.07 bits per heavy atom. The number of carbonyl (C=O) groups is 1. The highest BCUT2D eigenvalue weighted by Crippen LogP contribution is 2.14. The number of amides is 1. The lowest BCUT2D eigenvalue weighted by Gasteiger charge is -2.21. The van der Waals surface area contributed by atoms with E-state index in [1.54, 1.807) is 30.5 Å². The molecule has 6 heteroatoms. The zero-order valence-electron chi connectivity index (χ0n) is 15.0. The molecule has 0 spiro atoms. The average molecular weight is 357 g/mol. The zero-order valence-corrected chi connectivity index (χ0v) is 15.0. The van der Waals surface area contributed by atoms with Gasteiger partial charge in [0.2, 0.25) is 0 Å². The van der Waals surface area contributed by atoms with Gasteiger partial charge in [-0.15, -0.1) is 0 Å². The van der Waals surface area contributed by atoms with Crippen molar-refractivity contribution in [2.75, 3.05) is 16.8 Å². The highest BCUT2D eigenvalue weighted by Gasteiger charge is 2.11. The molecule has 0 aliphatic carbocycles. The normalized spacial score (nSPS) is 10.1. The first-order chi connectivity index (χ1) is 13.2. The van der Waals surface area contributed by atoms with E-state index in [0.29, 0.717) is 11.3 Å². The van der Waals surface area contributed by atoms with Crippen LogP contribution in [0.4, 0.5) is 11.5 Å². The molecule has 1 amide bonds. The van der Waals surface area contributed by atoms with Gasteiger partial charge in [0.1, 0.15) is 11.5 Å². The Morgan fingerprint density at radius 2 is 1.81 bits per heavy atom. The summed E-state index contributed by atoms with van der Waals surface area (Å²) in [4.78, 5) is 23.1. The zero-order chi connectivity index (χ0) is 19.1. The van der Waals surface area contributed by atoms with Gasteiger partial charge in [0.25, 0.3) is 5.91 Å². The number of carbonyl (C=O) groups excluding carboxylic acids is 1. The maximum Gasteiger partial charge on any atom is 0.275 e. The van der Waals surface area contributed by atoms with Gasteiger partial charge < -0.3 is 10.2 Å². The molecule has 0 saturated carbocycles. The molecule has 0 aliphatic heterocycles. The van der Waals surface area contributed by atoms with E-state index in [4.69, 9.17) is 5.26 Å². The number of aromatic nitrogens is 2. The van der Waals surface area contributed by atoms with Gasteiger partial charge in [-0.1, -0.05) is 30.3 Å². The van der Waals surface area contributed by atoms with Crippen LogP contribution in [-0.2, 0) is 6.54 Å². The van der Waals surface area contributed by atoms with Crippen LogP contribution in [0.1, 0.15) is 28.5 Å². The lowest BCUT2D eigenvalue weighted by molar-refractivity contribution is 0.102. The first-order valence-electron chi connectivity index (χ1n) is 8.62. The third kappa shape index (κ3) is 4.67. The summed E-state index contributed by atoms with van der Waals surface area (Å²) in [6.45, 7) is 3.55. The van der Waals surface area contributed by atoms with Crippen LogP contribution in [0.3, 0.4) is 0 Å². The van der Waals surface area contributed by atoms with Crippen molar-refractivity contribution >= 4 is 17.4 Å². The number of nitrogens with one attached hydrogen (secondary N) is 1. The van der Waals surface area contributed by atoms with Crippen molar-refractivity contribution < 1.29 is 4.79 Å². The standard InChI is InChI=1S/C21H19N5O/c1-2-26(15-17-6-4-3-5-7-17)20-14-23-19(13-24-20)21(27)25-18-10-8-16(12-22)9-11-18/h3-11,13-14H,2,15H2,1H3,(H,25,27). The predicted octanol–water partition coefficient (Wildman–Crippen LogP) is 3.63. The molecule has 3 aromatic rings. The minimum atomic E-state index is -0.343. The molecule has 0 atom stereocenters. The number of hydrogen-bond acceptors (Lipinski definition) is 5. The molecule has 0 fully saturated rings. The molecule has 134 valence electrons. The summed E-state index contributed by atoms with van der Waals surface area (Å²) >= 11 is 0. The summed E-state index contributed by atoms with van der Waals surface area (Å²) in [5.74, 6) is 0.376. The molecule has 1 N–H and O–H groups in total. The Bertz CT molecular complexity index is 931. The molecule has 0 unspecified atom stereocenters. The summed E-state index contributed by atoms with van der Waals surface area (Å²) in [7, 11) is 0. The van der Waals surface area contributed by atoms with Gasteiger partial charge in [-0.25, -0.2) is 9.97 Å². The van der Waals surface area contributed by atoms with Gasteiger partial charge in [0, 0.05) is 18.8 Å². The Labute approximate surface area is 158 Å². The van der Waals surface area contributed by atoms with Gasteiger partial charge in [0.15, 0.2) is 0 Å². The molecule has 0 aliphatic rings. The van der Waals surface area contributed by atoms with Crippen LogP contribution in [0.15, 0.2) is 67.0 Å². The van der Waals surface area contributed by atoms with E-state index in [-0.39, 0.29) is 11.6 Å². The quantitative estimate of drug-likeness (QED) is 0.728. The van der Waals surface area contributed by atoms with E-state index in [9.17, 15) is 4.79 Å². The van der Waals surface area contributed by atoms with Crippen molar-refractivity contribution in [1.29, 1.82) is 5.26 Å². The van der Waals surface area contributed by atoms with Gasteiger partial charge in [0.05, 0.1) is 24.0 Å². The van der Waals surface area contributed by atoms with Crippen LogP contribution < -0.4 is 10.2 Å². The highest BCUT2D eigenvalue weighted by molar-refractivity contribution is 6.02. The van der Waals surface area contributed by atoms with Crippen molar-refractivity contribution in [3.05, 3.63) is 83.8 Å².